The Balaban J connectivity index is 2.09. The second kappa shape index (κ2) is 4.60. The molecule has 2 heterocycles. The lowest BCUT2D eigenvalue weighted by atomic mass is 10.3. The van der Waals surface area contributed by atoms with Crippen LogP contribution in [0.15, 0.2) is 28.8 Å². The molecule has 0 unspecified atom stereocenters. The van der Waals surface area contributed by atoms with E-state index in [1.807, 2.05) is 18.2 Å². The van der Waals surface area contributed by atoms with Gasteiger partial charge in [0, 0.05) is 13.2 Å². The van der Waals surface area contributed by atoms with Gasteiger partial charge in [-0.05, 0) is 12.1 Å². The molecule has 2 aromatic rings. The summed E-state index contributed by atoms with van der Waals surface area (Å²) in [5.74, 6) is -1.66. The molecule has 88 valence electrons. The Kier molecular flexibility index (Phi) is 2.99. The minimum absolute atomic E-state index is 0.146. The van der Waals surface area contributed by atoms with Gasteiger partial charge in [-0.2, -0.15) is 0 Å². The highest BCUT2D eigenvalue weighted by atomic mass is 16.4. The van der Waals surface area contributed by atoms with Crippen LogP contribution < -0.4 is 4.90 Å². The average Bonchev–Trinajstić information content (AvgIpc) is 2.79. The number of hydrogen-bond donors (Lipinski definition) is 1. The highest BCUT2D eigenvalue weighted by Crippen LogP contribution is 2.12. The summed E-state index contributed by atoms with van der Waals surface area (Å²) >= 11 is 0. The normalized spacial score (nSPS) is 10.2. The van der Waals surface area contributed by atoms with E-state index in [4.69, 9.17) is 9.52 Å². The summed E-state index contributed by atoms with van der Waals surface area (Å²) in [5, 5.41) is 15.7. The van der Waals surface area contributed by atoms with Crippen molar-refractivity contribution in [1.29, 1.82) is 0 Å². The first kappa shape index (κ1) is 11.1. The van der Waals surface area contributed by atoms with Crippen LogP contribution in [0.3, 0.4) is 0 Å². The van der Waals surface area contributed by atoms with Crippen molar-refractivity contribution in [3.63, 3.8) is 0 Å². The molecule has 0 saturated carbocycles. The lowest BCUT2D eigenvalue weighted by molar-refractivity contribution is 0.0654. The first-order chi connectivity index (χ1) is 8.16. The van der Waals surface area contributed by atoms with Gasteiger partial charge in [0.25, 0.3) is 0 Å². The Labute approximate surface area is 96.7 Å². The largest absolute Gasteiger partial charge is 0.474 e. The number of hydrogen-bond acceptors (Lipinski definition) is 6. The molecule has 0 fully saturated rings. The zero-order chi connectivity index (χ0) is 12.3. The van der Waals surface area contributed by atoms with Gasteiger partial charge >= 0.3 is 17.9 Å². The van der Waals surface area contributed by atoms with Gasteiger partial charge in [0.1, 0.15) is 0 Å². The van der Waals surface area contributed by atoms with E-state index in [2.05, 4.69) is 15.2 Å². The molecule has 0 bridgehead atoms. The van der Waals surface area contributed by atoms with Gasteiger partial charge in [0.05, 0.1) is 12.2 Å². The SMILES string of the molecule is CN(Cc1ccccn1)c1nnc(C(=O)O)o1. The molecule has 0 atom stereocenters. The van der Waals surface area contributed by atoms with Crippen LogP contribution in [0.5, 0.6) is 0 Å². The molecular formula is C10H10N4O3. The Bertz CT molecular complexity index is 511. The molecule has 17 heavy (non-hydrogen) atoms. The van der Waals surface area contributed by atoms with Gasteiger partial charge in [-0.1, -0.05) is 16.3 Å². The van der Waals surface area contributed by atoms with E-state index < -0.39 is 11.9 Å². The number of carbonyl (C=O) groups is 1. The first-order valence-electron chi connectivity index (χ1n) is 4.84. The molecule has 2 aromatic heterocycles. The third kappa shape index (κ3) is 2.57. The smallest absolute Gasteiger partial charge is 0.393 e. The minimum Gasteiger partial charge on any atom is -0.474 e. The predicted molar refractivity (Wildman–Crippen MR) is 57.6 cm³/mol. The zero-order valence-electron chi connectivity index (χ0n) is 9.07. The second-order valence-electron chi connectivity index (χ2n) is 3.37. The average molecular weight is 234 g/mol. The fourth-order valence-electron chi connectivity index (χ4n) is 1.26. The standard InChI is InChI=1S/C10H10N4O3/c1-14(6-7-4-2-3-5-11-7)10-13-12-8(17-10)9(15)16/h2-5H,6H2,1H3,(H,15,16). The number of nitrogens with zero attached hydrogens (tertiary/aromatic N) is 4. The van der Waals surface area contributed by atoms with Crippen molar-refractivity contribution in [2.24, 2.45) is 0 Å². The Morgan fingerprint density at radius 2 is 2.29 bits per heavy atom. The number of anilines is 1. The van der Waals surface area contributed by atoms with Crippen molar-refractivity contribution in [2.45, 2.75) is 6.54 Å². The van der Waals surface area contributed by atoms with Crippen molar-refractivity contribution >= 4 is 12.0 Å². The van der Waals surface area contributed by atoms with Crippen molar-refractivity contribution in [3.8, 4) is 0 Å². The summed E-state index contributed by atoms with van der Waals surface area (Å²) in [5.41, 5.74) is 0.824. The van der Waals surface area contributed by atoms with Crippen LogP contribution in [0, 0.1) is 0 Å². The lowest BCUT2D eigenvalue weighted by Crippen LogP contribution is -2.17. The maximum atomic E-state index is 10.6. The minimum atomic E-state index is -1.24. The van der Waals surface area contributed by atoms with Crippen LogP contribution in [0.2, 0.25) is 0 Å². The Hall–Kier alpha value is -2.44. The number of aromatic nitrogens is 3. The molecule has 2 rings (SSSR count). The van der Waals surface area contributed by atoms with Crippen LogP contribution in [0.1, 0.15) is 16.4 Å². The van der Waals surface area contributed by atoms with E-state index in [1.165, 1.54) is 0 Å². The predicted octanol–water partition coefficient (Wildman–Crippen LogP) is 0.799. The molecule has 0 aromatic carbocycles. The maximum Gasteiger partial charge on any atom is 0.393 e. The highest BCUT2D eigenvalue weighted by molar-refractivity contribution is 5.82. The summed E-state index contributed by atoms with van der Waals surface area (Å²) in [6, 6.07) is 5.68. The highest BCUT2D eigenvalue weighted by Gasteiger charge is 2.15. The third-order valence-electron chi connectivity index (χ3n) is 2.05. The van der Waals surface area contributed by atoms with E-state index in [1.54, 1.807) is 18.1 Å². The molecule has 0 amide bonds. The van der Waals surface area contributed by atoms with E-state index in [9.17, 15) is 4.79 Å². The van der Waals surface area contributed by atoms with E-state index in [0.717, 1.165) is 5.69 Å². The van der Waals surface area contributed by atoms with Crippen molar-refractivity contribution < 1.29 is 14.3 Å². The van der Waals surface area contributed by atoms with Gasteiger partial charge in [-0.25, -0.2) is 4.79 Å². The molecular weight excluding hydrogens is 224 g/mol. The van der Waals surface area contributed by atoms with Crippen LogP contribution in [0.4, 0.5) is 6.01 Å². The van der Waals surface area contributed by atoms with Gasteiger partial charge in [-0.3, -0.25) is 4.98 Å². The summed E-state index contributed by atoms with van der Waals surface area (Å²) < 4.78 is 4.96. The lowest BCUT2D eigenvalue weighted by Gasteiger charge is -2.12. The van der Waals surface area contributed by atoms with Crippen LogP contribution in [0.25, 0.3) is 0 Å². The van der Waals surface area contributed by atoms with Gasteiger partial charge < -0.3 is 14.4 Å². The topological polar surface area (TPSA) is 92.4 Å². The molecule has 0 aliphatic heterocycles. The summed E-state index contributed by atoms with van der Waals surface area (Å²) in [7, 11) is 1.72. The maximum absolute atomic E-state index is 10.6. The van der Waals surface area contributed by atoms with Gasteiger partial charge in [0.15, 0.2) is 0 Å². The zero-order valence-corrected chi connectivity index (χ0v) is 9.07. The van der Waals surface area contributed by atoms with Crippen LogP contribution in [-0.2, 0) is 6.54 Å². The fourth-order valence-corrected chi connectivity index (χ4v) is 1.26. The number of aromatic carboxylic acids is 1. The van der Waals surface area contributed by atoms with Crippen molar-refractivity contribution in [3.05, 3.63) is 36.0 Å². The molecule has 7 heteroatoms. The summed E-state index contributed by atoms with van der Waals surface area (Å²) in [6.07, 6.45) is 1.68. The van der Waals surface area contributed by atoms with E-state index in [-0.39, 0.29) is 6.01 Å². The second-order valence-corrected chi connectivity index (χ2v) is 3.37. The summed E-state index contributed by atoms with van der Waals surface area (Å²) in [4.78, 5) is 16.3. The third-order valence-corrected chi connectivity index (χ3v) is 2.05. The van der Waals surface area contributed by atoms with Crippen LogP contribution in [-0.4, -0.2) is 33.3 Å². The molecule has 1 N–H and O–H groups in total. The quantitative estimate of drug-likeness (QED) is 0.836. The Morgan fingerprint density at radius 1 is 1.47 bits per heavy atom. The van der Waals surface area contributed by atoms with Gasteiger partial charge in [0.2, 0.25) is 0 Å². The molecule has 0 radical (unpaired) electrons. The van der Waals surface area contributed by atoms with E-state index >= 15 is 0 Å². The monoisotopic (exact) mass is 234 g/mol. The first-order valence-corrected chi connectivity index (χ1v) is 4.84. The molecule has 0 aliphatic rings. The van der Waals surface area contributed by atoms with Crippen molar-refractivity contribution in [1.82, 2.24) is 15.2 Å². The molecule has 0 saturated heterocycles. The number of carboxylic acids is 1. The summed E-state index contributed by atoms with van der Waals surface area (Å²) in [6.45, 7) is 0.460. The Morgan fingerprint density at radius 3 is 2.88 bits per heavy atom. The number of pyridine rings is 1. The van der Waals surface area contributed by atoms with Crippen molar-refractivity contribution in [2.75, 3.05) is 11.9 Å². The fraction of sp³-hybridized carbons (Fsp3) is 0.200. The number of carboxylic acid groups (broad SMARTS) is 1. The van der Waals surface area contributed by atoms with E-state index in [0.29, 0.717) is 6.54 Å². The molecule has 0 spiro atoms. The van der Waals surface area contributed by atoms with Gasteiger partial charge in [-0.15, -0.1) is 0 Å². The molecule has 0 aliphatic carbocycles. The van der Waals surface area contributed by atoms with Crippen LogP contribution >= 0.6 is 0 Å². The number of rotatable bonds is 4. The molecule has 7 nitrogen and oxygen atoms in total.